The quantitative estimate of drug-likeness (QED) is 0.168. The minimum atomic E-state index is -0.431. The van der Waals surface area contributed by atoms with Gasteiger partial charge in [-0.15, -0.1) is 11.3 Å². The number of thiophene rings is 1. The van der Waals surface area contributed by atoms with E-state index in [1.807, 2.05) is 11.3 Å². The molecular formula is C59H37NS. The van der Waals surface area contributed by atoms with Gasteiger partial charge in [-0.25, -0.2) is 0 Å². The second kappa shape index (κ2) is 13.2. The van der Waals surface area contributed by atoms with Gasteiger partial charge < -0.3 is 4.90 Å². The van der Waals surface area contributed by atoms with Crippen molar-refractivity contribution < 1.29 is 0 Å². The van der Waals surface area contributed by atoms with Crippen molar-refractivity contribution in [1.82, 2.24) is 0 Å². The zero-order valence-corrected chi connectivity index (χ0v) is 34.0. The van der Waals surface area contributed by atoms with E-state index in [0.29, 0.717) is 0 Å². The van der Waals surface area contributed by atoms with Gasteiger partial charge in [0, 0.05) is 37.2 Å². The van der Waals surface area contributed by atoms with Crippen molar-refractivity contribution in [2.24, 2.45) is 0 Å². The molecule has 0 saturated heterocycles. The molecule has 61 heavy (non-hydrogen) atoms. The zero-order valence-electron chi connectivity index (χ0n) is 33.2. The van der Waals surface area contributed by atoms with Gasteiger partial charge in [0.1, 0.15) is 0 Å². The van der Waals surface area contributed by atoms with Gasteiger partial charge >= 0.3 is 0 Å². The van der Waals surface area contributed by atoms with Crippen molar-refractivity contribution in [1.29, 1.82) is 0 Å². The number of anilines is 3. The molecule has 10 aromatic carbocycles. The summed E-state index contributed by atoms with van der Waals surface area (Å²) < 4.78 is 2.64. The van der Waals surface area contributed by atoms with Crippen LogP contribution < -0.4 is 4.90 Å². The van der Waals surface area contributed by atoms with Gasteiger partial charge in [-0.2, -0.15) is 0 Å². The van der Waals surface area contributed by atoms with Gasteiger partial charge in [0.05, 0.1) is 5.41 Å². The predicted molar refractivity (Wildman–Crippen MR) is 259 cm³/mol. The molecule has 2 aliphatic carbocycles. The lowest BCUT2D eigenvalue weighted by molar-refractivity contribution is 0.793. The molecular weight excluding hydrogens is 755 g/mol. The van der Waals surface area contributed by atoms with Crippen LogP contribution in [-0.4, -0.2) is 0 Å². The Kier molecular flexibility index (Phi) is 7.46. The maximum absolute atomic E-state index is 2.49. The average Bonchev–Trinajstić information content (AvgIpc) is 3.96. The number of benzene rings is 10. The Morgan fingerprint density at radius 2 is 0.869 bits per heavy atom. The second-order valence-corrected chi connectivity index (χ2v) is 17.4. The van der Waals surface area contributed by atoms with Gasteiger partial charge in [0.15, 0.2) is 0 Å². The first-order chi connectivity index (χ1) is 30.2. The molecule has 11 aromatic rings. The fourth-order valence-corrected chi connectivity index (χ4v) is 11.9. The summed E-state index contributed by atoms with van der Waals surface area (Å²) in [5, 5.41) is 5.13. The number of hydrogen-bond donors (Lipinski definition) is 0. The highest BCUT2D eigenvalue weighted by molar-refractivity contribution is 7.26. The van der Waals surface area contributed by atoms with Crippen LogP contribution in [-0.2, 0) is 5.41 Å². The highest BCUT2D eigenvalue weighted by Crippen LogP contribution is 2.63. The van der Waals surface area contributed by atoms with E-state index in [1.165, 1.54) is 97.7 Å². The van der Waals surface area contributed by atoms with Crippen LogP contribution in [0.4, 0.5) is 17.1 Å². The molecule has 284 valence electrons. The standard InChI is InChI=1S/C59H37NS/c1-2-14-40-35-41(28-27-38(40)13-1)39-29-31-43(32-30-39)60(44-16-11-15-42(36-44)46-21-12-22-52-51-20-6-10-26-57(51)61-58(46)52)45-33-34-50-49-19-5-9-25-55(49)59(56(50)37-45)53-23-7-3-17-47(53)48-18-4-8-24-54(48)59/h1-37H. The highest BCUT2D eigenvalue weighted by atomic mass is 32.1. The van der Waals surface area contributed by atoms with E-state index < -0.39 is 5.41 Å². The Bertz CT molecular complexity index is 3490. The lowest BCUT2D eigenvalue weighted by Gasteiger charge is -2.32. The van der Waals surface area contributed by atoms with E-state index in [2.05, 4.69) is 229 Å². The number of rotatable bonds is 5. The van der Waals surface area contributed by atoms with Crippen LogP contribution in [0.25, 0.3) is 75.5 Å². The van der Waals surface area contributed by atoms with Crippen molar-refractivity contribution in [3.63, 3.8) is 0 Å². The lowest BCUT2D eigenvalue weighted by Crippen LogP contribution is -2.26. The molecule has 0 radical (unpaired) electrons. The van der Waals surface area contributed by atoms with E-state index in [-0.39, 0.29) is 0 Å². The first kappa shape index (κ1) is 34.4. The monoisotopic (exact) mass is 791 g/mol. The summed E-state index contributed by atoms with van der Waals surface area (Å²) in [6.07, 6.45) is 0. The summed E-state index contributed by atoms with van der Waals surface area (Å²) in [6.45, 7) is 0. The van der Waals surface area contributed by atoms with E-state index in [1.54, 1.807) is 0 Å². The second-order valence-electron chi connectivity index (χ2n) is 16.4. The molecule has 0 aliphatic heterocycles. The molecule has 2 heteroatoms. The van der Waals surface area contributed by atoms with Crippen LogP contribution in [0.2, 0.25) is 0 Å². The fraction of sp³-hybridized carbons (Fsp3) is 0.0169. The highest BCUT2D eigenvalue weighted by Gasteiger charge is 2.51. The molecule has 0 atom stereocenters. The van der Waals surface area contributed by atoms with E-state index in [9.17, 15) is 0 Å². The predicted octanol–water partition coefficient (Wildman–Crippen LogP) is 16.4. The zero-order chi connectivity index (χ0) is 40.1. The molecule has 0 N–H and O–H groups in total. The van der Waals surface area contributed by atoms with Crippen molar-refractivity contribution in [3.05, 3.63) is 247 Å². The third kappa shape index (κ3) is 5.00. The molecule has 1 aromatic heterocycles. The summed E-state index contributed by atoms with van der Waals surface area (Å²) >= 11 is 1.88. The molecule has 0 saturated carbocycles. The SMILES string of the molecule is c1cc(-c2cccc3c2sc2ccccc23)cc(N(c2ccc(-c3ccc4ccccc4c3)cc2)c2ccc3c(c2)C2(c4ccccc4-c4ccccc42)c2ccccc2-3)c1. The van der Waals surface area contributed by atoms with Crippen molar-refractivity contribution in [3.8, 4) is 44.5 Å². The van der Waals surface area contributed by atoms with Crippen LogP contribution in [0.3, 0.4) is 0 Å². The first-order valence-corrected chi connectivity index (χ1v) is 21.9. The molecule has 2 aliphatic rings. The Hall–Kier alpha value is -7.52. The average molecular weight is 792 g/mol. The van der Waals surface area contributed by atoms with Crippen LogP contribution in [0.5, 0.6) is 0 Å². The number of nitrogens with zero attached hydrogens (tertiary/aromatic N) is 1. The lowest BCUT2D eigenvalue weighted by atomic mass is 9.70. The van der Waals surface area contributed by atoms with Gasteiger partial charge in [-0.3, -0.25) is 0 Å². The normalized spacial score (nSPS) is 13.0. The minimum Gasteiger partial charge on any atom is -0.310 e. The van der Waals surface area contributed by atoms with E-state index in [0.717, 1.165) is 17.1 Å². The van der Waals surface area contributed by atoms with Crippen molar-refractivity contribution in [2.45, 2.75) is 5.41 Å². The van der Waals surface area contributed by atoms with Crippen LogP contribution in [0.15, 0.2) is 224 Å². The maximum atomic E-state index is 2.49. The topological polar surface area (TPSA) is 3.24 Å². The Morgan fingerprint density at radius 3 is 1.62 bits per heavy atom. The molecule has 0 fully saturated rings. The van der Waals surface area contributed by atoms with Gasteiger partial charge in [0.25, 0.3) is 0 Å². The first-order valence-electron chi connectivity index (χ1n) is 21.1. The van der Waals surface area contributed by atoms with Gasteiger partial charge in [0.2, 0.25) is 0 Å². The molecule has 0 amide bonds. The molecule has 1 spiro atoms. The molecule has 0 bridgehead atoms. The Balaban J connectivity index is 1.02. The third-order valence-corrected chi connectivity index (χ3v) is 14.5. The fourth-order valence-electron chi connectivity index (χ4n) is 10.6. The summed E-state index contributed by atoms with van der Waals surface area (Å²) in [5.74, 6) is 0. The smallest absolute Gasteiger partial charge is 0.0726 e. The van der Waals surface area contributed by atoms with Gasteiger partial charge in [-0.05, 0) is 126 Å². The third-order valence-electron chi connectivity index (χ3n) is 13.3. The van der Waals surface area contributed by atoms with Crippen LogP contribution in [0.1, 0.15) is 22.3 Å². The number of hydrogen-bond acceptors (Lipinski definition) is 2. The minimum absolute atomic E-state index is 0.431. The van der Waals surface area contributed by atoms with Crippen molar-refractivity contribution in [2.75, 3.05) is 4.90 Å². The Morgan fingerprint density at radius 1 is 0.311 bits per heavy atom. The maximum Gasteiger partial charge on any atom is 0.0726 e. The van der Waals surface area contributed by atoms with E-state index in [4.69, 9.17) is 0 Å². The van der Waals surface area contributed by atoms with Crippen LogP contribution in [0, 0.1) is 0 Å². The molecule has 13 rings (SSSR count). The summed E-state index contributed by atoms with van der Waals surface area (Å²) in [4.78, 5) is 2.46. The summed E-state index contributed by atoms with van der Waals surface area (Å²) in [5.41, 5.74) is 18.4. The molecule has 1 nitrogen and oxygen atoms in total. The van der Waals surface area contributed by atoms with Crippen LogP contribution >= 0.6 is 11.3 Å². The Labute approximate surface area is 359 Å². The molecule has 1 heterocycles. The molecule has 0 unspecified atom stereocenters. The van der Waals surface area contributed by atoms with Gasteiger partial charge in [-0.1, -0.05) is 176 Å². The number of fused-ring (bicyclic) bond motifs is 14. The van der Waals surface area contributed by atoms with Crippen molar-refractivity contribution >= 4 is 59.3 Å². The van der Waals surface area contributed by atoms with E-state index >= 15 is 0 Å². The summed E-state index contributed by atoms with van der Waals surface area (Å²) in [6, 6.07) is 83.6. The summed E-state index contributed by atoms with van der Waals surface area (Å²) in [7, 11) is 0. The largest absolute Gasteiger partial charge is 0.310 e.